The highest BCUT2D eigenvalue weighted by Crippen LogP contribution is 2.38. The summed E-state index contributed by atoms with van der Waals surface area (Å²) in [5, 5.41) is 8.34. The molecular weight excluding hydrogens is 396 g/mol. The van der Waals surface area contributed by atoms with Crippen LogP contribution in [0.3, 0.4) is 0 Å². The molecule has 0 aliphatic carbocycles. The lowest BCUT2D eigenvalue weighted by molar-refractivity contribution is 1.65. The topological polar surface area (TPSA) is 0 Å². The first kappa shape index (κ1) is 18.2. The van der Waals surface area contributed by atoms with Crippen LogP contribution in [0.1, 0.15) is 0 Å². The quantitative estimate of drug-likeness (QED) is 0.248. The van der Waals surface area contributed by atoms with Crippen LogP contribution >= 0.6 is 11.6 Å². The van der Waals surface area contributed by atoms with Crippen molar-refractivity contribution in [2.75, 3.05) is 0 Å². The van der Waals surface area contributed by atoms with Gasteiger partial charge in [0.25, 0.3) is 0 Å². The Bertz CT molecular complexity index is 1570. The van der Waals surface area contributed by atoms with Crippen LogP contribution in [0, 0.1) is 0 Å². The Morgan fingerprint density at radius 1 is 0.387 bits per heavy atom. The average Bonchev–Trinajstić information content (AvgIpc) is 2.83. The molecule has 0 unspecified atom stereocenters. The van der Waals surface area contributed by atoms with Crippen molar-refractivity contribution in [1.82, 2.24) is 0 Å². The monoisotopic (exact) mass is 414 g/mol. The maximum absolute atomic E-state index is 6.17. The molecule has 0 saturated heterocycles. The van der Waals surface area contributed by atoms with Crippen LogP contribution in [0.25, 0.3) is 54.6 Å². The zero-order valence-electron chi connectivity index (χ0n) is 16.8. The Balaban J connectivity index is 1.69. The van der Waals surface area contributed by atoms with Gasteiger partial charge in [0.05, 0.1) is 0 Å². The molecule has 6 aromatic carbocycles. The van der Waals surface area contributed by atoms with Crippen LogP contribution in [0.4, 0.5) is 0 Å². The van der Waals surface area contributed by atoms with E-state index in [1.54, 1.807) is 0 Å². The van der Waals surface area contributed by atoms with Crippen LogP contribution in [-0.4, -0.2) is 0 Å². The molecule has 0 N–H and O–H groups in total. The molecule has 0 aromatic heterocycles. The van der Waals surface area contributed by atoms with Crippen LogP contribution in [0.2, 0.25) is 5.02 Å². The predicted molar refractivity (Wildman–Crippen MR) is 135 cm³/mol. The summed E-state index contributed by atoms with van der Waals surface area (Å²) in [6.45, 7) is 0. The first-order chi connectivity index (χ1) is 15.3. The highest BCUT2D eigenvalue weighted by atomic mass is 35.5. The van der Waals surface area contributed by atoms with Crippen molar-refractivity contribution >= 4 is 43.9 Å². The van der Waals surface area contributed by atoms with E-state index in [1.807, 2.05) is 12.1 Å². The molecule has 0 aliphatic rings. The molecule has 6 rings (SSSR count). The van der Waals surface area contributed by atoms with E-state index in [1.165, 1.54) is 54.6 Å². The minimum Gasteiger partial charge on any atom is -0.0843 e. The normalized spacial score (nSPS) is 11.4. The number of halogens is 1. The lowest BCUT2D eigenvalue weighted by Gasteiger charge is -2.14. The third-order valence-electron chi connectivity index (χ3n) is 6.12. The first-order valence-electron chi connectivity index (χ1n) is 10.5. The van der Waals surface area contributed by atoms with Gasteiger partial charge < -0.3 is 0 Å². The van der Waals surface area contributed by atoms with Gasteiger partial charge in [0.2, 0.25) is 0 Å². The van der Waals surface area contributed by atoms with Crippen LogP contribution in [-0.2, 0) is 0 Å². The Morgan fingerprint density at radius 2 is 1.06 bits per heavy atom. The smallest absolute Gasteiger partial charge is 0.0406 e. The number of fused-ring (bicyclic) bond motifs is 4. The summed E-state index contributed by atoms with van der Waals surface area (Å²) >= 11 is 6.17. The van der Waals surface area contributed by atoms with Crippen LogP contribution in [0.5, 0.6) is 0 Å². The van der Waals surface area contributed by atoms with Gasteiger partial charge in [-0.1, -0.05) is 103 Å². The van der Waals surface area contributed by atoms with Crippen molar-refractivity contribution < 1.29 is 0 Å². The van der Waals surface area contributed by atoms with Crippen molar-refractivity contribution in [3.05, 3.63) is 120 Å². The lowest BCUT2D eigenvalue weighted by Crippen LogP contribution is -1.87. The van der Waals surface area contributed by atoms with Gasteiger partial charge >= 0.3 is 0 Å². The highest BCUT2D eigenvalue weighted by molar-refractivity contribution is 6.30. The number of benzene rings is 6. The Morgan fingerprint density at radius 3 is 1.90 bits per heavy atom. The van der Waals surface area contributed by atoms with Gasteiger partial charge in [0.15, 0.2) is 0 Å². The van der Waals surface area contributed by atoms with Crippen molar-refractivity contribution in [1.29, 1.82) is 0 Å². The predicted octanol–water partition coefficient (Wildman–Crippen LogP) is 9.13. The fourth-order valence-corrected chi connectivity index (χ4v) is 4.74. The Labute approximate surface area is 186 Å². The zero-order valence-corrected chi connectivity index (χ0v) is 17.6. The van der Waals surface area contributed by atoms with E-state index in [0.29, 0.717) is 0 Å². The summed E-state index contributed by atoms with van der Waals surface area (Å²) in [4.78, 5) is 0. The van der Waals surface area contributed by atoms with E-state index in [2.05, 4.69) is 103 Å². The second-order valence-electron chi connectivity index (χ2n) is 7.94. The van der Waals surface area contributed by atoms with E-state index < -0.39 is 0 Å². The second kappa shape index (κ2) is 7.27. The minimum absolute atomic E-state index is 0.755. The van der Waals surface area contributed by atoms with Gasteiger partial charge in [-0.15, -0.1) is 0 Å². The molecule has 0 radical (unpaired) electrons. The van der Waals surface area contributed by atoms with Crippen molar-refractivity contribution in [2.24, 2.45) is 0 Å². The standard InChI is InChI=1S/C30H19Cl/c31-24-15-12-21(13-16-24)29-18-22-7-2-4-10-27(22)28-17-14-23(19-30(28)29)26-11-5-8-20-6-1-3-9-25(20)26/h1-19H. The number of rotatable bonds is 2. The SMILES string of the molecule is Clc1ccc(-c2cc3ccccc3c3ccc(-c4cccc5ccccc45)cc23)cc1. The maximum Gasteiger partial charge on any atom is 0.0406 e. The molecule has 0 aliphatic heterocycles. The average molecular weight is 415 g/mol. The van der Waals surface area contributed by atoms with Crippen LogP contribution in [0.15, 0.2) is 115 Å². The first-order valence-corrected chi connectivity index (χ1v) is 10.9. The summed E-state index contributed by atoms with van der Waals surface area (Å²) in [5.41, 5.74) is 4.90. The van der Waals surface area contributed by atoms with E-state index in [4.69, 9.17) is 11.6 Å². The van der Waals surface area contributed by atoms with Crippen LogP contribution < -0.4 is 0 Å². The van der Waals surface area contributed by atoms with Crippen molar-refractivity contribution in [3.8, 4) is 22.3 Å². The molecule has 0 heterocycles. The fraction of sp³-hybridized carbons (Fsp3) is 0. The highest BCUT2D eigenvalue weighted by Gasteiger charge is 2.11. The van der Waals surface area contributed by atoms with E-state index in [0.717, 1.165) is 5.02 Å². The molecule has 0 atom stereocenters. The molecule has 0 bridgehead atoms. The molecule has 1 heteroatoms. The Hall–Kier alpha value is -3.61. The molecule has 146 valence electrons. The van der Waals surface area contributed by atoms with Crippen molar-refractivity contribution in [3.63, 3.8) is 0 Å². The molecule has 6 aromatic rings. The van der Waals surface area contributed by atoms with E-state index in [9.17, 15) is 0 Å². The summed E-state index contributed by atoms with van der Waals surface area (Å²) in [6, 6.07) is 41.0. The summed E-state index contributed by atoms with van der Waals surface area (Å²) in [6.07, 6.45) is 0. The molecule has 0 amide bonds. The van der Waals surface area contributed by atoms with E-state index in [-0.39, 0.29) is 0 Å². The summed E-state index contributed by atoms with van der Waals surface area (Å²) in [5.74, 6) is 0. The molecule has 0 fully saturated rings. The van der Waals surface area contributed by atoms with Gasteiger partial charge in [0, 0.05) is 5.02 Å². The number of hydrogen-bond acceptors (Lipinski definition) is 0. The Kier molecular flexibility index (Phi) is 4.26. The van der Waals surface area contributed by atoms with Gasteiger partial charge in [0.1, 0.15) is 0 Å². The third-order valence-corrected chi connectivity index (χ3v) is 6.37. The maximum atomic E-state index is 6.17. The second-order valence-corrected chi connectivity index (χ2v) is 8.38. The van der Waals surface area contributed by atoms with Gasteiger partial charge in [-0.05, 0) is 78.8 Å². The van der Waals surface area contributed by atoms with Gasteiger partial charge in [-0.25, -0.2) is 0 Å². The summed E-state index contributed by atoms with van der Waals surface area (Å²) < 4.78 is 0. The zero-order chi connectivity index (χ0) is 20.8. The lowest BCUT2D eigenvalue weighted by atomic mass is 9.90. The molecule has 31 heavy (non-hydrogen) atoms. The number of hydrogen-bond donors (Lipinski definition) is 0. The van der Waals surface area contributed by atoms with Crippen molar-refractivity contribution in [2.45, 2.75) is 0 Å². The molecule has 0 saturated carbocycles. The third kappa shape index (κ3) is 3.08. The molecule has 0 spiro atoms. The largest absolute Gasteiger partial charge is 0.0843 e. The molecular formula is C30H19Cl. The molecule has 0 nitrogen and oxygen atoms in total. The van der Waals surface area contributed by atoms with Gasteiger partial charge in [-0.2, -0.15) is 0 Å². The fourth-order valence-electron chi connectivity index (χ4n) is 4.62. The van der Waals surface area contributed by atoms with Gasteiger partial charge in [-0.3, -0.25) is 0 Å². The minimum atomic E-state index is 0.755. The summed E-state index contributed by atoms with van der Waals surface area (Å²) in [7, 11) is 0. The van der Waals surface area contributed by atoms with E-state index >= 15 is 0 Å².